The molecule has 20 heavy (non-hydrogen) atoms. The van der Waals surface area contributed by atoms with Crippen LogP contribution in [0, 0.1) is 6.92 Å². The first kappa shape index (κ1) is 12.1. The van der Waals surface area contributed by atoms with Crippen molar-refractivity contribution in [1.29, 1.82) is 0 Å². The van der Waals surface area contributed by atoms with Crippen molar-refractivity contribution in [3.63, 3.8) is 0 Å². The summed E-state index contributed by atoms with van der Waals surface area (Å²) in [5, 5.41) is 12.1. The number of fused-ring (bicyclic) bond motifs is 1. The van der Waals surface area contributed by atoms with Crippen molar-refractivity contribution in [2.75, 3.05) is 18.0 Å². The highest BCUT2D eigenvalue weighted by Crippen LogP contribution is 2.32. The first-order valence-corrected chi connectivity index (χ1v) is 7.49. The van der Waals surface area contributed by atoms with Crippen molar-refractivity contribution in [2.24, 2.45) is 0 Å². The second kappa shape index (κ2) is 4.70. The molecule has 1 atom stereocenters. The number of hydrogen-bond acceptors (Lipinski definition) is 5. The third-order valence-electron chi connectivity index (χ3n) is 4.32. The van der Waals surface area contributed by atoms with Crippen LogP contribution in [-0.4, -0.2) is 44.8 Å². The summed E-state index contributed by atoms with van der Waals surface area (Å²) in [5.41, 5.74) is 0.884. The molecule has 1 saturated carbocycles. The fourth-order valence-electron chi connectivity index (χ4n) is 3.08. The number of nitrogens with zero attached hydrogens (tertiary/aromatic N) is 5. The summed E-state index contributed by atoms with van der Waals surface area (Å²) in [5.74, 6) is 1.91. The summed E-state index contributed by atoms with van der Waals surface area (Å²) >= 11 is 0. The van der Waals surface area contributed by atoms with Gasteiger partial charge in [0.2, 0.25) is 5.65 Å². The molecule has 4 rings (SSSR count). The van der Waals surface area contributed by atoms with Gasteiger partial charge in [0.1, 0.15) is 5.82 Å². The lowest BCUT2D eigenvalue weighted by molar-refractivity contribution is 0.575. The molecule has 0 bridgehead atoms. The van der Waals surface area contributed by atoms with Crippen molar-refractivity contribution in [2.45, 2.75) is 44.7 Å². The van der Waals surface area contributed by atoms with Crippen LogP contribution in [0.2, 0.25) is 0 Å². The number of rotatable bonds is 4. The number of hydrogen-bond donors (Lipinski definition) is 1. The molecule has 1 aliphatic carbocycles. The summed E-state index contributed by atoms with van der Waals surface area (Å²) in [4.78, 5) is 7.04. The molecule has 2 aromatic heterocycles. The minimum atomic E-state index is 0.585. The minimum absolute atomic E-state index is 0.585. The first-order chi connectivity index (χ1) is 9.83. The van der Waals surface area contributed by atoms with E-state index in [1.54, 1.807) is 0 Å². The van der Waals surface area contributed by atoms with Crippen LogP contribution in [0.3, 0.4) is 0 Å². The molecule has 6 nitrogen and oxygen atoms in total. The predicted molar refractivity (Wildman–Crippen MR) is 76.9 cm³/mol. The van der Waals surface area contributed by atoms with Gasteiger partial charge in [-0.3, -0.25) is 4.40 Å². The molecule has 3 heterocycles. The van der Waals surface area contributed by atoms with Crippen molar-refractivity contribution in [1.82, 2.24) is 24.9 Å². The fraction of sp³-hybridized carbons (Fsp3) is 0.643. The molecule has 0 radical (unpaired) electrons. The standard InChI is InChI=1S/C14H20N6/c1-10-17-18-14-13(16-7-8-19(10)14)20(12-4-5-12)9-11-3-2-6-15-11/h7-8,11-12,15H,2-6,9H2,1H3. The average molecular weight is 272 g/mol. The van der Waals surface area contributed by atoms with E-state index in [2.05, 4.69) is 25.4 Å². The Morgan fingerprint density at radius 2 is 2.25 bits per heavy atom. The van der Waals surface area contributed by atoms with Crippen LogP contribution in [-0.2, 0) is 0 Å². The average Bonchev–Trinajstić information content (AvgIpc) is 3.04. The maximum atomic E-state index is 4.60. The lowest BCUT2D eigenvalue weighted by atomic mass is 10.2. The number of aryl methyl sites for hydroxylation is 1. The maximum absolute atomic E-state index is 4.60. The zero-order chi connectivity index (χ0) is 13.5. The summed E-state index contributed by atoms with van der Waals surface area (Å²) in [6.45, 7) is 4.15. The van der Waals surface area contributed by atoms with E-state index in [0.29, 0.717) is 12.1 Å². The third-order valence-corrected chi connectivity index (χ3v) is 4.32. The number of anilines is 1. The van der Waals surface area contributed by atoms with Gasteiger partial charge in [-0.15, -0.1) is 10.2 Å². The molecule has 106 valence electrons. The van der Waals surface area contributed by atoms with Crippen molar-refractivity contribution in [3.05, 3.63) is 18.2 Å². The van der Waals surface area contributed by atoms with E-state index < -0.39 is 0 Å². The van der Waals surface area contributed by atoms with Crippen molar-refractivity contribution < 1.29 is 0 Å². The highest BCUT2D eigenvalue weighted by atomic mass is 15.3. The second-order valence-electron chi connectivity index (χ2n) is 5.87. The molecule has 2 aromatic rings. The molecule has 1 aliphatic heterocycles. The van der Waals surface area contributed by atoms with E-state index in [9.17, 15) is 0 Å². The molecule has 1 N–H and O–H groups in total. The van der Waals surface area contributed by atoms with Gasteiger partial charge in [0.05, 0.1) is 0 Å². The van der Waals surface area contributed by atoms with Gasteiger partial charge in [0.25, 0.3) is 0 Å². The molecule has 1 saturated heterocycles. The molecule has 1 unspecified atom stereocenters. The predicted octanol–water partition coefficient (Wildman–Crippen LogP) is 1.15. The van der Waals surface area contributed by atoms with Crippen LogP contribution in [0.15, 0.2) is 12.4 Å². The summed E-state index contributed by atoms with van der Waals surface area (Å²) < 4.78 is 2.03. The monoisotopic (exact) mass is 272 g/mol. The highest BCUT2D eigenvalue weighted by molar-refractivity contribution is 5.64. The van der Waals surface area contributed by atoms with Crippen LogP contribution in [0.4, 0.5) is 5.82 Å². The Hall–Kier alpha value is -1.69. The summed E-state index contributed by atoms with van der Waals surface area (Å²) in [6, 6.07) is 1.22. The van der Waals surface area contributed by atoms with Crippen LogP contribution in [0.5, 0.6) is 0 Å². The Balaban J connectivity index is 1.70. The largest absolute Gasteiger partial charge is 0.349 e. The van der Waals surface area contributed by atoms with Gasteiger partial charge in [-0.05, 0) is 39.2 Å². The molecule has 2 aliphatic rings. The lowest BCUT2D eigenvalue weighted by Gasteiger charge is -2.26. The van der Waals surface area contributed by atoms with Crippen molar-refractivity contribution in [3.8, 4) is 0 Å². The molecular weight excluding hydrogens is 252 g/mol. The van der Waals surface area contributed by atoms with Gasteiger partial charge < -0.3 is 10.2 Å². The van der Waals surface area contributed by atoms with E-state index in [1.165, 1.54) is 25.7 Å². The molecule has 0 spiro atoms. The van der Waals surface area contributed by atoms with E-state index >= 15 is 0 Å². The topological polar surface area (TPSA) is 58.4 Å². The van der Waals surface area contributed by atoms with Gasteiger partial charge in [-0.1, -0.05) is 0 Å². The first-order valence-electron chi connectivity index (χ1n) is 7.49. The molecule has 6 heteroatoms. The van der Waals surface area contributed by atoms with Crippen LogP contribution >= 0.6 is 0 Å². The van der Waals surface area contributed by atoms with E-state index in [-0.39, 0.29) is 0 Å². The normalized spacial score (nSPS) is 22.6. The minimum Gasteiger partial charge on any atom is -0.349 e. The Morgan fingerprint density at radius 1 is 1.35 bits per heavy atom. The SMILES string of the molecule is Cc1nnc2c(N(CC3CCCN3)C3CC3)nccn12. The van der Waals surface area contributed by atoms with E-state index in [1.807, 2.05) is 23.7 Å². The van der Waals surface area contributed by atoms with Gasteiger partial charge in [0, 0.05) is 31.0 Å². The third kappa shape index (κ3) is 2.04. The maximum Gasteiger partial charge on any atom is 0.203 e. The quantitative estimate of drug-likeness (QED) is 0.905. The lowest BCUT2D eigenvalue weighted by Crippen LogP contribution is -2.39. The fourth-order valence-corrected chi connectivity index (χ4v) is 3.08. The highest BCUT2D eigenvalue weighted by Gasteiger charge is 2.33. The van der Waals surface area contributed by atoms with Crippen LogP contribution < -0.4 is 10.2 Å². The smallest absolute Gasteiger partial charge is 0.203 e. The zero-order valence-corrected chi connectivity index (χ0v) is 11.8. The Bertz CT molecular complexity index is 611. The summed E-state index contributed by atoms with van der Waals surface area (Å²) in [7, 11) is 0. The van der Waals surface area contributed by atoms with Gasteiger partial charge in [-0.2, -0.15) is 0 Å². The van der Waals surface area contributed by atoms with Gasteiger partial charge >= 0.3 is 0 Å². The van der Waals surface area contributed by atoms with Gasteiger partial charge in [-0.25, -0.2) is 4.98 Å². The second-order valence-corrected chi connectivity index (χ2v) is 5.87. The van der Waals surface area contributed by atoms with Crippen molar-refractivity contribution >= 4 is 11.5 Å². The molecule has 2 fully saturated rings. The number of nitrogens with one attached hydrogen (secondary N) is 1. The van der Waals surface area contributed by atoms with E-state index in [0.717, 1.165) is 30.4 Å². The molecular formula is C14H20N6. The Kier molecular flexibility index (Phi) is 2.84. The van der Waals surface area contributed by atoms with Crippen LogP contribution in [0.1, 0.15) is 31.5 Å². The zero-order valence-electron chi connectivity index (χ0n) is 11.8. The Labute approximate surface area is 118 Å². The Morgan fingerprint density at radius 3 is 3.00 bits per heavy atom. The molecule has 0 aromatic carbocycles. The number of aromatic nitrogens is 4. The van der Waals surface area contributed by atoms with Gasteiger partial charge in [0.15, 0.2) is 5.82 Å². The van der Waals surface area contributed by atoms with Crippen LogP contribution in [0.25, 0.3) is 5.65 Å². The van der Waals surface area contributed by atoms with E-state index in [4.69, 9.17) is 0 Å². The molecule has 0 amide bonds. The summed E-state index contributed by atoms with van der Waals surface area (Å²) in [6.07, 6.45) is 8.87.